The number of rotatable bonds is 4. The fraction of sp³-hybridized carbons (Fsp3) is 0.217. The molecule has 4 heterocycles. The molecule has 31 heavy (non-hydrogen) atoms. The molecule has 0 aliphatic rings. The van der Waals surface area contributed by atoms with Crippen molar-refractivity contribution in [2.24, 2.45) is 0 Å². The smallest absolute Gasteiger partial charge is 0.435 e. The van der Waals surface area contributed by atoms with Gasteiger partial charge in [-0.25, -0.2) is 0 Å². The van der Waals surface area contributed by atoms with Crippen molar-refractivity contribution in [3.05, 3.63) is 95.8 Å². The summed E-state index contributed by atoms with van der Waals surface area (Å²) >= 11 is 0. The minimum Gasteiger partial charge on any atom is -0.435 e. The van der Waals surface area contributed by atoms with E-state index in [2.05, 4.69) is 17.4 Å². The van der Waals surface area contributed by atoms with Gasteiger partial charge in [-0.3, -0.25) is 9.97 Å². The van der Waals surface area contributed by atoms with Crippen molar-refractivity contribution in [1.82, 2.24) is 19.1 Å². The Labute approximate surface area is 193 Å². The van der Waals surface area contributed by atoms with Crippen LogP contribution in [0.5, 0.6) is 0 Å². The summed E-state index contributed by atoms with van der Waals surface area (Å²) in [7, 11) is 0. The van der Waals surface area contributed by atoms with E-state index in [1.165, 1.54) is 4.57 Å². The third-order valence-corrected chi connectivity index (χ3v) is 4.96. The van der Waals surface area contributed by atoms with Gasteiger partial charge in [0.05, 0.1) is 11.6 Å². The first-order chi connectivity index (χ1) is 14.1. The van der Waals surface area contributed by atoms with Crippen LogP contribution in [0.25, 0.3) is 11.6 Å². The third kappa shape index (κ3) is 4.67. The third-order valence-electron chi connectivity index (χ3n) is 4.96. The predicted molar refractivity (Wildman–Crippen MR) is 107 cm³/mol. The average molecular weight is 604 g/mol. The maximum atomic E-state index is 12.9. The zero-order valence-corrected chi connectivity index (χ0v) is 19.3. The summed E-state index contributed by atoms with van der Waals surface area (Å²) in [5.41, 5.74) is 1.22. The second-order valence-corrected chi connectivity index (χ2v) is 7.63. The number of aromatic nitrogens is 4. The van der Waals surface area contributed by atoms with Gasteiger partial charge < -0.3 is 9.13 Å². The van der Waals surface area contributed by atoms with E-state index in [0.29, 0.717) is 11.5 Å². The van der Waals surface area contributed by atoms with Gasteiger partial charge in [0.2, 0.25) is 0 Å². The molecule has 0 aliphatic carbocycles. The molecule has 4 aromatic rings. The van der Waals surface area contributed by atoms with E-state index in [1.807, 2.05) is 61.9 Å². The van der Waals surface area contributed by atoms with Gasteiger partial charge in [0, 0.05) is 16.8 Å². The van der Waals surface area contributed by atoms with E-state index in [0.717, 1.165) is 29.3 Å². The monoisotopic (exact) mass is 603 g/mol. The maximum Gasteiger partial charge on any atom is 2.00 e. The number of hydrogen-bond acceptors (Lipinski definition) is 2. The van der Waals surface area contributed by atoms with Crippen LogP contribution in [0, 0.1) is 19.3 Å². The Morgan fingerprint density at radius 1 is 0.806 bits per heavy atom. The van der Waals surface area contributed by atoms with E-state index in [1.54, 1.807) is 12.1 Å². The van der Waals surface area contributed by atoms with Crippen molar-refractivity contribution >= 4 is 0 Å². The Kier molecular flexibility index (Phi) is 6.28. The molecule has 4 nitrogen and oxygen atoms in total. The molecule has 0 saturated carbocycles. The zero-order valence-electron chi connectivity index (χ0n) is 17.0. The summed E-state index contributed by atoms with van der Waals surface area (Å²) in [6.07, 6.45) is 4.23. The molecule has 0 spiro atoms. The Bertz CT molecular complexity index is 1190. The number of pyridine rings is 2. The van der Waals surface area contributed by atoms with Gasteiger partial charge in [0.1, 0.15) is 0 Å². The molecule has 0 unspecified atom stereocenters. The Morgan fingerprint density at radius 2 is 1.32 bits per heavy atom. The SMILES string of the molecule is Cc1c[c-]n(-c2cccc(C(C)(C)c3cccc(-n4[c-]cc(C(F)(F)F)c4)n3)n2)c1.[Pt+2]. The van der Waals surface area contributed by atoms with Gasteiger partial charge in [-0.05, 0) is 31.5 Å². The number of hydrogen-bond donors (Lipinski definition) is 0. The normalized spacial score (nSPS) is 11.9. The molecule has 0 atom stereocenters. The summed E-state index contributed by atoms with van der Waals surface area (Å²) in [5, 5.41) is 0. The van der Waals surface area contributed by atoms with Gasteiger partial charge in [0.15, 0.2) is 0 Å². The topological polar surface area (TPSA) is 35.6 Å². The Balaban J connectivity index is 0.00000272. The molecule has 0 aromatic carbocycles. The van der Waals surface area contributed by atoms with E-state index >= 15 is 0 Å². The zero-order chi connectivity index (χ0) is 21.5. The maximum absolute atomic E-state index is 12.9. The van der Waals surface area contributed by atoms with Gasteiger partial charge in [-0.2, -0.15) is 13.2 Å². The summed E-state index contributed by atoms with van der Waals surface area (Å²) in [4.78, 5) is 9.37. The average Bonchev–Trinajstić information content (AvgIpc) is 3.37. The number of nitrogens with zero attached hydrogens (tertiary/aromatic N) is 4. The minimum atomic E-state index is -4.42. The fourth-order valence-electron chi connectivity index (χ4n) is 3.16. The van der Waals surface area contributed by atoms with Crippen molar-refractivity contribution in [2.75, 3.05) is 0 Å². The van der Waals surface area contributed by atoms with Crippen LogP contribution >= 0.6 is 0 Å². The molecule has 4 rings (SSSR count). The van der Waals surface area contributed by atoms with Crippen LogP contribution < -0.4 is 0 Å². The van der Waals surface area contributed by atoms with Gasteiger partial charge in [0.25, 0.3) is 0 Å². The van der Waals surface area contributed by atoms with Crippen molar-refractivity contribution in [1.29, 1.82) is 0 Å². The molecule has 0 amide bonds. The molecule has 0 saturated heterocycles. The van der Waals surface area contributed by atoms with Gasteiger partial charge >= 0.3 is 27.2 Å². The van der Waals surface area contributed by atoms with E-state index in [4.69, 9.17) is 4.98 Å². The summed E-state index contributed by atoms with van der Waals surface area (Å²) in [6.45, 7) is 5.95. The predicted octanol–water partition coefficient (Wildman–Crippen LogP) is 5.31. The summed E-state index contributed by atoms with van der Waals surface area (Å²) in [5.74, 6) is 1.10. The van der Waals surface area contributed by atoms with Crippen LogP contribution in [-0.2, 0) is 32.7 Å². The molecule has 8 heteroatoms. The minimum absolute atomic E-state index is 0. The molecule has 0 aliphatic heterocycles. The Hall–Kier alpha value is -2.66. The molecule has 0 fully saturated rings. The molecular formula is C23H19F3N4Pt. The van der Waals surface area contributed by atoms with Crippen LogP contribution in [0.4, 0.5) is 13.2 Å². The summed E-state index contributed by atoms with van der Waals surface area (Å²) < 4.78 is 41.8. The first kappa shape index (κ1) is 23.0. The molecule has 4 aromatic heterocycles. The second-order valence-electron chi connectivity index (χ2n) is 7.63. The quantitative estimate of drug-likeness (QED) is 0.297. The molecular weight excluding hydrogens is 584 g/mol. The van der Waals surface area contributed by atoms with Crippen LogP contribution in [0.15, 0.2) is 60.9 Å². The largest absolute Gasteiger partial charge is 2.00 e. The van der Waals surface area contributed by atoms with Crippen molar-refractivity contribution in [3.8, 4) is 11.6 Å². The van der Waals surface area contributed by atoms with Crippen molar-refractivity contribution in [3.63, 3.8) is 0 Å². The van der Waals surface area contributed by atoms with E-state index < -0.39 is 17.2 Å². The van der Waals surface area contributed by atoms with Crippen molar-refractivity contribution < 1.29 is 34.2 Å². The van der Waals surface area contributed by atoms with E-state index in [-0.39, 0.29) is 21.1 Å². The van der Waals surface area contributed by atoms with Crippen LogP contribution in [-0.4, -0.2) is 19.1 Å². The van der Waals surface area contributed by atoms with Gasteiger partial charge in [-0.15, -0.1) is 30.1 Å². The molecule has 0 bridgehead atoms. The molecule has 0 N–H and O–H groups in total. The van der Waals surface area contributed by atoms with Crippen molar-refractivity contribution in [2.45, 2.75) is 32.4 Å². The number of halogens is 3. The first-order valence-electron chi connectivity index (χ1n) is 9.34. The van der Waals surface area contributed by atoms with Crippen LogP contribution in [0.3, 0.4) is 0 Å². The summed E-state index contributed by atoms with van der Waals surface area (Å²) in [6, 6.07) is 13.8. The fourth-order valence-corrected chi connectivity index (χ4v) is 3.16. The van der Waals surface area contributed by atoms with Gasteiger partial charge in [-0.1, -0.05) is 43.6 Å². The molecule has 0 radical (unpaired) electrons. The van der Waals surface area contributed by atoms with Crippen LogP contribution in [0.1, 0.15) is 36.4 Å². The molecule has 162 valence electrons. The standard InChI is InChI=1S/C23H19F3N4.Pt/c1-16-10-12-29(14-16)20-8-4-6-18(27-20)22(2,3)19-7-5-9-21(28-19)30-13-11-17(15-30)23(24,25)26;/h4-11,14-15H,1-3H3;/q-2;+2. The van der Waals surface area contributed by atoms with E-state index in [9.17, 15) is 13.2 Å². The number of aryl methyl sites for hydroxylation is 1. The van der Waals surface area contributed by atoms with Crippen LogP contribution in [0.2, 0.25) is 0 Å². The first-order valence-corrected chi connectivity index (χ1v) is 9.34. The Morgan fingerprint density at radius 3 is 1.77 bits per heavy atom. The number of alkyl halides is 3. The second kappa shape index (κ2) is 8.46.